The molecule has 24 heteroatoms. The normalized spacial score (nSPS) is 14.5. The fourth-order valence-corrected chi connectivity index (χ4v) is 7.18. The second-order valence-electron chi connectivity index (χ2n) is 13.4. The monoisotopic (exact) mass is 906 g/mol. The second kappa shape index (κ2) is 17.6. The molecule has 1 atom stereocenters. The molecule has 0 spiro atoms. The molecule has 324 valence electrons. The van der Waals surface area contributed by atoms with Crippen molar-refractivity contribution < 1.29 is 55.3 Å². The number of nitrogens with zero attached hydrogens (tertiary/aromatic N) is 8. The Morgan fingerprint density at radius 3 is 2.12 bits per heavy atom. The lowest BCUT2D eigenvalue weighted by Gasteiger charge is -2.13. The van der Waals surface area contributed by atoms with Crippen molar-refractivity contribution >= 4 is 100 Å². The van der Waals surface area contributed by atoms with Crippen LogP contribution < -0.4 is 20.8 Å². The number of benzene rings is 6. The summed E-state index contributed by atoms with van der Waals surface area (Å²) in [6.07, 6.45) is 0. The molecule has 22 nitrogen and oxygen atoms in total. The molecule has 0 radical (unpaired) electrons. The lowest BCUT2D eigenvalue weighted by molar-refractivity contribution is -0.130. The van der Waals surface area contributed by atoms with Crippen LogP contribution >= 0.6 is 0 Å². The number of rotatable bonds is 13. The number of aromatic hydroxyl groups is 1. The van der Waals surface area contributed by atoms with Crippen LogP contribution in [0.5, 0.6) is 11.5 Å². The van der Waals surface area contributed by atoms with Gasteiger partial charge in [-0.05, 0) is 102 Å². The highest BCUT2D eigenvalue weighted by Crippen LogP contribution is 2.42. The van der Waals surface area contributed by atoms with Gasteiger partial charge in [-0.3, -0.25) is 18.7 Å². The summed E-state index contributed by atoms with van der Waals surface area (Å²) in [6, 6.07) is 24.3. The maximum Gasteiger partial charge on any atom is 0.355 e. The Labute approximate surface area is 361 Å². The van der Waals surface area contributed by atoms with E-state index in [0.717, 1.165) is 17.1 Å². The minimum atomic E-state index is -5.03. The summed E-state index contributed by atoms with van der Waals surface area (Å²) < 4.78 is 72.7. The van der Waals surface area contributed by atoms with E-state index < -0.39 is 66.1 Å². The number of hydrogen-bond donors (Lipinski definition) is 6. The molecule has 0 fully saturated rings. The van der Waals surface area contributed by atoms with E-state index in [9.17, 15) is 50.5 Å². The number of ether oxygens (including phenoxy) is 1. The summed E-state index contributed by atoms with van der Waals surface area (Å²) in [5.41, 5.74) is 5.68. The van der Waals surface area contributed by atoms with Crippen molar-refractivity contribution in [3.63, 3.8) is 0 Å². The SMILES string of the molecule is COc1cc(N=Nc2cccc(S(=O)(=O)O)c2)ccc1N=NC1C(=O)N(c2cccc(N=Nc3c(S(=O)(=O)O)cc4cc(NC(=O)c5ccc(N)cc5)ccc4c3O)c2)N=C1C(=O)O. The maximum absolute atomic E-state index is 13.6. The number of hydrogen-bond acceptors (Lipinski definition) is 17. The third-order valence-corrected chi connectivity index (χ3v) is 10.8. The van der Waals surface area contributed by atoms with Crippen LogP contribution in [0, 0.1) is 0 Å². The van der Waals surface area contributed by atoms with Gasteiger partial charge >= 0.3 is 5.97 Å². The number of nitrogen functional groups attached to an aromatic ring is 1. The number of phenolic OH excluding ortho intramolecular Hbond substituents is 1. The van der Waals surface area contributed by atoms with Gasteiger partial charge in [-0.2, -0.15) is 52.5 Å². The lowest BCUT2D eigenvalue weighted by atomic mass is 10.1. The van der Waals surface area contributed by atoms with E-state index in [1.165, 1.54) is 98.1 Å². The Morgan fingerprint density at radius 1 is 0.781 bits per heavy atom. The third-order valence-electron chi connectivity index (χ3n) is 9.07. The molecule has 0 aromatic heterocycles. The minimum Gasteiger partial charge on any atom is -0.505 e. The molecular weight excluding hydrogens is 877 g/mol. The van der Waals surface area contributed by atoms with Crippen LogP contribution in [0.2, 0.25) is 0 Å². The summed E-state index contributed by atoms with van der Waals surface area (Å²) in [7, 11) is -8.20. The van der Waals surface area contributed by atoms with E-state index in [4.69, 9.17) is 10.5 Å². The van der Waals surface area contributed by atoms with Crippen LogP contribution in [0.15, 0.2) is 161 Å². The zero-order chi connectivity index (χ0) is 45.9. The van der Waals surface area contributed by atoms with Crippen molar-refractivity contribution in [2.45, 2.75) is 15.8 Å². The number of anilines is 3. The molecule has 1 heterocycles. The summed E-state index contributed by atoms with van der Waals surface area (Å²) >= 11 is 0. The standard InChI is InChI=1S/C40H30N10O12S2/c1-62-32-20-27(44-43-26-5-3-7-29(19-26)63(56,57)58)13-15-31(32)46-48-35-36(40(54)55)49-50(39(35)53)28-6-2-4-25(18-28)45-47-34-33(64(59,60)61)17-22-16-24(12-14-30(22)37(34)51)42-38(52)21-8-10-23(41)11-9-21/h2-20,35,51H,41H2,1H3,(H,42,52)(H,54,55)(H,56,57,58)(H,59,60,61). The highest BCUT2D eigenvalue weighted by Gasteiger charge is 2.41. The lowest BCUT2D eigenvalue weighted by Crippen LogP contribution is -2.33. The average molecular weight is 907 g/mol. The van der Waals surface area contributed by atoms with E-state index in [2.05, 4.69) is 41.1 Å². The number of carbonyl (C=O) groups excluding carboxylic acids is 2. The quantitative estimate of drug-likeness (QED) is 0.0369. The highest BCUT2D eigenvalue weighted by atomic mass is 32.2. The number of hydrazone groups is 1. The van der Waals surface area contributed by atoms with Crippen LogP contribution in [0.1, 0.15) is 10.4 Å². The van der Waals surface area contributed by atoms with E-state index in [1.54, 1.807) is 12.1 Å². The number of amides is 2. The first-order valence-electron chi connectivity index (χ1n) is 18.1. The molecule has 1 aliphatic rings. The number of carbonyl (C=O) groups is 3. The molecule has 1 aliphatic heterocycles. The van der Waals surface area contributed by atoms with Crippen LogP contribution in [-0.4, -0.2) is 72.8 Å². The van der Waals surface area contributed by atoms with E-state index in [-0.39, 0.29) is 55.5 Å². The molecule has 0 aliphatic carbocycles. The van der Waals surface area contributed by atoms with Crippen LogP contribution in [0.4, 0.5) is 45.5 Å². The van der Waals surface area contributed by atoms with E-state index >= 15 is 0 Å². The van der Waals surface area contributed by atoms with Crippen molar-refractivity contribution in [3.8, 4) is 11.5 Å². The minimum absolute atomic E-state index is 0.0152. The topological polar surface area (TPSA) is 337 Å². The van der Waals surface area contributed by atoms with Gasteiger partial charge in [-0.25, -0.2) is 4.79 Å². The van der Waals surface area contributed by atoms with Crippen molar-refractivity contribution in [2.75, 3.05) is 23.2 Å². The Bertz CT molecular complexity index is 3250. The highest BCUT2D eigenvalue weighted by molar-refractivity contribution is 7.86. The molecule has 6 aromatic rings. The Morgan fingerprint density at radius 2 is 1.45 bits per heavy atom. The fourth-order valence-electron chi connectivity index (χ4n) is 6.00. The summed E-state index contributed by atoms with van der Waals surface area (Å²) in [5, 5.41) is 52.5. The van der Waals surface area contributed by atoms with Crippen molar-refractivity contribution in [1.82, 2.24) is 0 Å². The predicted molar refractivity (Wildman–Crippen MR) is 229 cm³/mol. The van der Waals surface area contributed by atoms with Gasteiger partial charge < -0.3 is 26.0 Å². The number of azo groups is 3. The fraction of sp³-hybridized carbons (Fsp3) is 0.0500. The van der Waals surface area contributed by atoms with Crippen molar-refractivity contribution in [2.24, 2.45) is 35.8 Å². The Kier molecular flexibility index (Phi) is 12.0. The molecule has 7 N–H and O–H groups in total. The zero-order valence-electron chi connectivity index (χ0n) is 32.6. The second-order valence-corrected chi connectivity index (χ2v) is 16.2. The van der Waals surface area contributed by atoms with Crippen LogP contribution in [0.25, 0.3) is 10.8 Å². The molecule has 6 aromatic carbocycles. The molecule has 0 saturated carbocycles. The predicted octanol–water partition coefficient (Wildman–Crippen LogP) is 7.65. The maximum atomic E-state index is 13.6. The molecule has 64 heavy (non-hydrogen) atoms. The largest absolute Gasteiger partial charge is 0.505 e. The van der Waals surface area contributed by atoms with Crippen LogP contribution in [0.3, 0.4) is 0 Å². The number of nitrogens with two attached hydrogens (primary N) is 1. The molecule has 2 amide bonds. The smallest absolute Gasteiger partial charge is 0.355 e. The van der Waals surface area contributed by atoms with Gasteiger partial charge in [0.05, 0.1) is 34.8 Å². The van der Waals surface area contributed by atoms with E-state index in [0.29, 0.717) is 11.3 Å². The summed E-state index contributed by atoms with van der Waals surface area (Å²) in [5.74, 6) is -3.61. The molecular formula is C40H30N10O12S2. The first kappa shape index (κ1) is 43.8. The number of carboxylic acid groups (broad SMARTS) is 1. The number of methoxy groups -OCH3 is 1. The number of aliphatic carboxylic acids is 1. The van der Waals surface area contributed by atoms with Crippen molar-refractivity contribution in [1.29, 1.82) is 0 Å². The average Bonchev–Trinajstić information content (AvgIpc) is 3.60. The number of nitrogens with one attached hydrogen (secondary N) is 1. The third kappa shape index (κ3) is 9.58. The zero-order valence-corrected chi connectivity index (χ0v) is 34.2. The van der Waals surface area contributed by atoms with Crippen LogP contribution in [-0.2, 0) is 29.8 Å². The van der Waals surface area contributed by atoms with Gasteiger partial charge in [0.2, 0.25) is 6.04 Å². The number of carboxylic acids is 1. The number of fused-ring (bicyclic) bond motifs is 1. The van der Waals surface area contributed by atoms with E-state index in [1.807, 2.05) is 0 Å². The van der Waals surface area contributed by atoms with Gasteiger partial charge in [0.1, 0.15) is 22.0 Å². The Hall–Kier alpha value is -8.32. The summed E-state index contributed by atoms with van der Waals surface area (Å²) in [4.78, 5) is 37.4. The number of phenols is 1. The first-order chi connectivity index (χ1) is 30.4. The van der Waals surface area contributed by atoms with Gasteiger partial charge in [0.25, 0.3) is 32.1 Å². The van der Waals surface area contributed by atoms with Crippen molar-refractivity contribution in [3.05, 3.63) is 121 Å². The first-order valence-corrected chi connectivity index (χ1v) is 21.0. The molecule has 7 rings (SSSR count). The van der Waals surface area contributed by atoms with Gasteiger partial charge in [0, 0.05) is 28.4 Å². The summed E-state index contributed by atoms with van der Waals surface area (Å²) in [6.45, 7) is 0. The van der Waals surface area contributed by atoms with Gasteiger partial charge in [-0.1, -0.05) is 12.1 Å². The molecule has 0 bridgehead atoms. The molecule has 1 unspecified atom stereocenters. The Balaban J connectivity index is 1.11. The van der Waals surface area contributed by atoms with Gasteiger partial charge in [-0.15, -0.1) is 5.11 Å². The molecule has 0 saturated heterocycles. The van der Waals surface area contributed by atoms with Gasteiger partial charge in [0.15, 0.2) is 11.5 Å².